The molecule has 0 saturated carbocycles. The predicted octanol–water partition coefficient (Wildman–Crippen LogP) is 1.88. The summed E-state index contributed by atoms with van der Waals surface area (Å²) >= 11 is 5.25. The fourth-order valence-corrected chi connectivity index (χ4v) is 0.997. The van der Waals surface area contributed by atoms with Gasteiger partial charge in [0.05, 0.1) is 5.69 Å². The number of nitriles is 2. The smallest absolute Gasteiger partial charge is 0.252 e. The number of nitrogens with one attached hydrogen (secondary N) is 1. The van der Waals surface area contributed by atoms with Crippen molar-refractivity contribution >= 4 is 28.2 Å². The maximum absolute atomic E-state index is 10.7. The van der Waals surface area contributed by atoms with Gasteiger partial charge in [-0.3, -0.25) is 10.2 Å². The fourth-order valence-electron chi connectivity index (χ4n) is 0.871. The SMILES string of the molecule is N#CC(C#N)=NNc1ccc(C(=O)Cl)cc1. The molecule has 5 nitrogen and oxygen atoms in total. The van der Waals surface area contributed by atoms with E-state index < -0.39 is 5.24 Å². The molecule has 0 fully saturated rings. The normalized spacial score (nSPS) is 8.44. The minimum Gasteiger partial charge on any atom is -0.277 e. The summed E-state index contributed by atoms with van der Waals surface area (Å²) in [6.45, 7) is 0. The Bertz CT molecular complexity index is 491. The number of hydrazone groups is 1. The molecule has 1 rings (SSSR count). The molecule has 0 aromatic heterocycles. The predicted molar refractivity (Wildman–Crippen MR) is 58.9 cm³/mol. The number of anilines is 1. The topological polar surface area (TPSA) is 89.0 Å². The van der Waals surface area contributed by atoms with E-state index in [0.717, 1.165) is 0 Å². The average Bonchev–Trinajstić information content (AvgIpc) is 2.31. The van der Waals surface area contributed by atoms with E-state index in [9.17, 15) is 4.79 Å². The van der Waals surface area contributed by atoms with Crippen LogP contribution >= 0.6 is 11.6 Å². The van der Waals surface area contributed by atoms with Crippen molar-refractivity contribution in [3.8, 4) is 12.1 Å². The summed E-state index contributed by atoms with van der Waals surface area (Å²) < 4.78 is 0. The first-order valence-corrected chi connectivity index (χ1v) is 4.49. The Morgan fingerprint density at radius 3 is 2.25 bits per heavy atom. The number of halogens is 1. The molecule has 1 aromatic rings. The first-order valence-electron chi connectivity index (χ1n) is 4.11. The first kappa shape index (κ1) is 11.7. The summed E-state index contributed by atoms with van der Waals surface area (Å²) in [6.07, 6.45) is 0. The Balaban J connectivity index is 2.78. The standard InChI is InChI=1S/C10H5ClN4O/c11-10(16)7-1-3-8(4-2-7)14-15-9(5-12)6-13/h1-4,14H. The van der Waals surface area contributed by atoms with Crippen LogP contribution in [0.1, 0.15) is 10.4 Å². The molecule has 1 N–H and O–H groups in total. The van der Waals surface area contributed by atoms with Gasteiger partial charge in [-0.2, -0.15) is 15.6 Å². The summed E-state index contributed by atoms with van der Waals surface area (Å²) in [5.74, 6) is 0. The number of rotatable bonds is 3. The van der Waals surface area contributed by atoms with Crippen LogP contribution in [0.25, 0.3) is 0 Å². The second-order valence-corrected chi connectivity index (χ2v) is 2.99. The highest BCUT2D eigenvalue weighted by molar-refractivity contribution is 6.67. The monoisotopic (exact) mass is 232 g/mol. The molecule has 0 aliphatic rings. The fraction of sp³-hybridized carbons (Fsp3) is 0. The van der Waals surface area contributed by atoms with Gasteiger partial charge in [-0.1, -0.05) is 0 Å². The highest BCUT2D eigenvalue weighted by atomic mass is 35.5. The lowest BCUT2D eigenvalue weighted by Crippen LogP contribution is -1.96. The maximum Gasteiger partial charge on any atom is 0.252 e. The van der Waals surface area contributed by atoms with Crippen LogP contribution in [0.3, 0.4) is 0 Å². The summed E-state index contributed by atoms with van der Waals surface area (Å²) in [5.41, 5.74) is 3.13. The molecular weight excluding hydrogens is 228 g/mol. The Kier molecular flexibility index (Phi) is 4.02. The van der Waals surface area contributed by atoms with Crippen LogP contribution in [0, 0.1) is 22.7 Å². The van der Waals surface area contributed by atoms with Gasteiger partial charge in [-0.15, -0.1) is 0 Å². The highest BCUT2D eigenvalue weighted by Crippen LogP contribution is 2.11. The number of carbonyl (C=O) groups is 1. The highest BCUT2D eigenvalue weighted by Gasteiger charge is 2.00. The average molecular weight is 233 g/mol. The first-order chi connectivity index (χ1) is 7.67. The lowest BCUT2D eigenvalue weighted by atomic mass is 10.2. The molecule has 6 heteroatoms. The number of benzene rings is 1. The Labute approximate surface area is 96.6 Å². The zero-order valence-electron chi connectivity index (χ0n) is 7.94. The minimum absolute atomic E-state index is 0.280. The van der Waals surface area contributed by atoms with E-state index in [1.54, 1.807) is 24.3 Å². The lowest BCUT2D eigenvalue weighted by Gasteiger charge is -1.99. The van der Waals surface area contributed by atoms with Gasteiger partial charge in [-0.25, -0.2) is 0 Å². The quantitative estimate of drug-likeness (QED) is 0.489. The second kappa shape index (κ2) is 5.50. The lowest BCUT2D eigenvalue weighted by molar-refractivity contribution is 0.108. The van der Waals surface area contributed by atoms with E-state index in [0.29, 0.717) is 11.3 Å². The van der Waals surface area contributed by atoms with Crippen molar-refractivity contribution in [1.29, 1.82) is 10.5 Å². The zero-order chi connectivity index (χ0) is 12.0. The van der Waals surface area contributed by atoms with Crippen LogP contribution in [-0.4, -0.2) is 11.0 Å². The van der Waals surface area contributed by atoms with Crippen LogP contribution in [-0.2, 0) is 0 Å². The molecule has 0 saturated heterocycles. The van der Waals surface area contributed by atoms with Gasteiger partial charge in [-0.05, 0) is 35.9 Å². The second-order valence-electron chi connectivity index (χ2n) is 2.65. The largest absolute Gasteiger partial charge is 0.277 e. The molecule has 0 atom stereocenters. The molecule has 0 bridgehead atoms. The molecule has 0 amide bonds. The zero-order valence-corrected chi connectivity index (χ0v) is 8.69. The molecule has 0 aliphatic carbocycles. The Morgan fingerprint density at radius 2 is 1.81 bits per heavy atom. The van der Waals surface area contributed by atoms with E-state index >= 15 is 0 Å². The molecule has 0 spiro atoms. The maximum atomic E-state index is 10.7. The molecular formula is C10H5ClN4O. The van der Waals surface area contributed by atoms with Crippen molar-refractivity contribution in [2.45, 2.75) is 0 Å². The summed E-state index contributed by atoms with van der Waals surface area (Å²) in [4.78, 5) is 10.7. The Morgan fingerprint density at radius 1 is 1.25 bits per heavy atom. The van der Waals surface area contributed by atoms with Crippen molar-refractivity contribution in [1.82, 2.24) is 0 Å². The summed E-state index contributed by atoms with van der Waals surface area (Å²) in [7, 11) is 0. The third-order valence-corrected chi connectivity index (χ3v) is 1.84. The van der Waals surface area contributed by atoms with Gasteiger partial charge in [0.25, 0.3) is 5.24 Å². The number of carbonyl (C=O) groups excluding carboxylic acids is 1. The molecule has 0 heterocycles. The van der Waals surface area contributed by atoms with Gasteiger partial charge >= 0.3 is 0 Å². The van der Waals surface area contributed by atoms with Gasteiger partial charge in [0.1, 0.15) is 12.1 Å². The van der Waals surface area contributed by atoms with Gasteiger partial charge in [0.15, 0.2) is 0 Å². The van der Waals surface area contributed by atoms with Gasteiger partial charge < -0.3 is 0 Å². The van der Waals surface area contributed by atoms with Crippen molar-refractivity contribution in [3.05, 3.63) is 29.8 Å². The number of hydrogen-bond acceptors (Lipinski definition) is 5. The number of hydrogen-bond donors (Lipinski definition) is 1. The van der Waals surface area contributed by atoms with Crippen LogP contribution in [0.2, 0.25) is 0 Å². The van der Waals surface area contributed by atoms with Crippen LogP contribution in [0.15, 0.2) is 29.4 Å². The molecule has 0 aliphatic heterocycles. The third kappa shape index (κ3) is 3.09. The van der Waals surface area contributed by atoms with Crippen LogP contribution in [0.4, 0.5) is 5.69 Å². The molecule has 78 valence electrons. The molecule has 0 unspecified atom stereocenters. The van der Waals surface area contributed by atoms with Crippen molar-refractivity contribution in [2.24, 2.45) is 5.10 Å². The number of nitrogens with zero attached hydrogens (tertiary/aromatic N) is 3. The molecule has 1 aromatic carbocycles. The van der Waals surface area contributed by atoms with E-state index in [1.807, 2.05) is 0 Å². The van der Waals surface area contributed by atoms with Crippen LogP contribution < -0.4 is 5.43 Å². The van der Waals surface area contributed by atoms with E-state index in [-0.39, 0.29) is 5.71 Å². The molecule has 16 heavy (non-hydrogen) atoms. The van der Waals surface area contributed by atoms with E-state index in [4.69, 9.17) is 22.1 Å². The van der Waals surface area contributed by atoms with Gasteiger partial charge in [0, 0.05) is 5.56 Å². The third-order valence-electron chi connectivity index (χ3n) is 1.62. The van der Waals surface area contributed by atoms with E-state index in [2.05, 4.69) is 10.5 Å². The summed E-state index contributed by atoms with van der Waals surface area (Å²) in [5, 5.41) is 19.8. The van der Waals surface area contributed by atoms with Crippen molar-refractivity contribution in [2.75, 3.05) is 5.43 Å². The molecule has 0 radical (unpaired) electrons. The van der Waals surface area contributed by atoms with Crippen LogP contribution in [0.5, 0.6) is 0 Å². The van der Waals surface area contributed by atoms with Crippen molar-refractivity contribution in [3.63, 3.8) is 0 Å². The van der Waals surface area contributed by atoms with Crippen molar-refractivity contribution < 1.29 is 4.79 Å². The Hall–Kier alpha value is -2.37. The van der Waals surface area contributed by atoms with E-state index in [1.165, 1.54) is 12.1 Å². The van der Waals surface area contributed by atoms with Gasteiger partial charge in [0.2, 0.25) is 5.71 Å². The summed E-state index contributed by atoms with van der Waals surface area (Å²) in [6, 6.07) is 9.34. The minimum atomic E-state index is -0.551.